The van der Waals surface area contributed by atoms with E-state index in [1.807, 2.05) is 0 Å². The first-order chi connectivity index (χ1) is 32.5. The van der Waals surface area contributed by atoms with Gasteiger partial charge in [-0.2, -0.15) is 0 Å². The predicted molar refractivity (Wildman–Crippen MR) is 287 cm³/mol. The Balaban J connectivity index is 4.61. The van der Waals surface area contributed by atoms with Crippen LogP contribution in [-0.2, 0) is 14.3 Å². The summed E-state index contributed by atoms with van der Waals surface area (Å²) < 4.78 is 5.94. The molecule has 0 saturated heterocycles. The number of hydrogen-bond acceptors (Lipinski definition) is 5. The van der Waals surface area contributed by atoms with Crippen LogP contribution in [0, 0.1) is 0 Å². The number of unbranched alkanes of at least 4 members (excludes halogenated alkanes) is 34. The average molecular weight is 927 g/mol. The highest BCUT2D eigenvalue weighted by molar-refractivity contribution is 5.77. The summed E-state index contributed by atoms with van der Waals surface area (Å²) in [6, 6.07) is -0.714. The van der Waals surface area contributed by atoms with Crippen molar-refractivity contribution in [2.45, 2.75) is 315 Å². The van der Waals surface area contributed by atoms with Crippen molar-refractivity contribution in [3.8, 4) is 0 Å². The SMILES string of the molecule is CCCCCC/C=C\CCCCCCCCCC(=O)OC(CCCCC/C=C/C=C/C=C/CCCCCCC)CC(=O)NC(CO)C(O)CCCCCCCCCCCCCCCCCC. The fourth-order valence-electron chi connectivity index (χ4n) is 8.78. The number of rotatable bonds is 52. The largest absolute Gasteiger partial charge is 0.462 e. The topological polar surface area (TPSA) is 95.9 Å². The fourth-order valence-corrected chi connectivity index (χ4v) is 8.78. The van der Waals surface area contributed by atoms with Crippen molar-refractivity contribution >= 4 is 11.9 Å². The van der Waals surface area contributed by atoms with Gasteiger partial charge in [-0.05, 0) is 77.0 Å². The lowest BCUT2D eigenvalue weighted by atomic mass is 10.0. The van der Waals surface area contributed by atoms with E-state index in [0.717, 1.165) is 70.6 Å². The van der Waals surface area contributed by atoms with Crippen LogP contribution in [0.2, 0.25) is 0 Å². The molecule has 0 radical (unpaired) electrons. The maximum atomic E-state index is 13.3. The van der Waals surface area contributed by atoms with E-state index in [1.165, 1.54) is 180 Å². The van der Waals surface area contributed by atoms with Crippen molar-refractivity contribution in [1.29, 1.82) is 0 Å². The summed E-state index contributed by atoms with van der Waals surface area (Å²) in [7, 11) is 0. The van der Waals surface area contributed by atoms with Gasteiger partial charge in [0, 0.05) is 6.42 Å². The van der Waals surface area contributed by atoms with E-state index in [9.17, 15) is 19.8 Å². The van der Waals surface area contributed by atoms with Gasteiger partial charge < -0.3 is 20.3 Å². The minimum Gasteiger partial charge on any atom is -0.462 e. The second-order valence-corrected chi connectivity index (χ2v) is 19.7. The number of carbonyl (C=O) groups excluding carboxylic acids is 2. The number of aliphatic hydroxyl groups is 2. The molecule has 0 aromatic heterocycles. The van der Waals surface area contributed by atoms with E-state index in [4.69, 9.17) is 4.74 Å². The monoisotopic (exact) mass is 926 g/mol. The van der Waals surface area contributed by atoms with E-state index in [2.05, 4.69) is 74.7 Å². The molecule has 0 rings (SSSR count). The summed E-state index contributed by atoms with van der Waals surface area (Å²) in [5.74, 6) is -0.502. The van der Waals surface area contributed by atoms with Crippen LogP contribution in [0.4, 0.5) is 0 Å². The Bertz CT molecular complexity index is 1130. The van der Waals surface area contributed by atoms with Gasteiger partial charge in [0.15, 0.2) is 0 Å². The fraction of sp³-hybridized carbons (Fsp3) is 0.833. The smallest absolute Gasteiger partial charge is 0.306 e. The molecule has 1 amide bonds. The average Bonchev–Trinajstić information content (AvgIpc) is 3.31. The summed E-state index contributed by atoms with van der Waals surface area (Å²) in [6.45, 7) is 6.47. The van der Waals surface area contributed by atoms with Gasteiger partial charge in [-0.1, -0.05) is 256 Å². The first-order valence-corrected chi connectivity index (χ1v) is 28.9. The second kappa shape index (κ2) is 53.8. The molecule has 6 heteroatoms. The molecule has 0 aliphatic rings. The summed E-state index contributed by atoms with van der Waals surface area (Å²) in [5.41, 5.74) is 0. The number of esters is 1. The van der Waals surface area contributed by atoms with Crippen LogP contribution >= 0.6 is 0 Å². The second-order valence-electron chi connectivity index (χ2n) is 19.7. The quantitative estimate of drug-likeness (QED) is 0.0244. The normalized spacial score (nSPS) is 13.5. The number of ether oxygens (including phenoxy) is 1. The Hall–Kier alpha value is -2.18. The molecule has 6 nitrogen and oxygen atoms in total. The van der Waals surface area contributed by atoms with Crippen LogP contribution in [0.15, 0.2) is 48.6 Å². The first-order valence-electron chi connectivity index (χ1n) is 28.9. The third-order valence-electron chi connectivity index (χ3n) is 13.2. The molecule has 0 saturated carbocycles. The molecule has 0 heterocycles. The van der Waals surface area contributed by atoms with Crippen LogP contribution in [0.25, 0.3) is 0 Å². The lowest BCUT2D eigenvalue weighted by Gasteiger charge is -2.24. The highest BCUT2D eigenvalue weighted by Gasteiger charge is 2.24. The van der Waals surface area contributed by atoms with Crippen LogP contribution < -0.4 is 5.32 Å². The lowest BCUT2D eigenvalue weighted by molar-refractivity contribution is -0.151. The van der Waals surface area contributed by atoms with E-state index in [-0.39, 0.29) is 24.9 Å². The number of allylic oxidation sites excluding steroid dienone is 8. The Morgan fingerprint density at radius 3 is 1.23 bits per heavy atom. The molecule has 3 unspecified atom stereocenters. The molecule has 0 aliphatic carbocycles. The zero-order valence-electron chi connectivity index (χ0n) is 44.1. The molecule has 66 heavy (non-hydrogen) atoms. The van der Waals surface area contributed by atoms with E-state index in [1.54, 1.807) is 0 Å². The molecule has 0 bridgehead atoms. The van der Waals surface area contributed by atoms with Crippen LogP contribution in [0.3, 0.4) is 0 Å². The number of amides is 1. The minimum absolute atomic E-state index is 0.0546. The van der Waals surface area contributed by atoms with Gasteiger partial charge in [0.1, 0.15) is 6.10 Å². The molecule has 0 fully saturated rings. The Kier molecular flexibility index (Phi) is 52.0. The molecule has 0 aliphatic heterocycles. The standard InChI is InChI=1S/C60H111NO5/c1-4-7-10-13-16-19-22-25-28-31-33-36-39-42-45-48-51-56(66-60(65)53-50-47-44-41-38-35-30-27-24-21-18-15-12-9-6-3)54-59(64)61-57(55-62)58(63)52-49-46-43-40-37-34-32-29-26-23-20-17-14-11-8-5-2/h21-22,24-25,28,31,33,36,56-58,62-63H,4-20,23,26-27,29-30,32,34-35,37-55H2,1-3H3,(H,61,64)/b24-21-,25-22+,31-28+,36-33+. The summed E-state index contributed by atoms with van der Waals surface area (Å²) in [5, 5.41) is 23.9. The van der Waals surface area contributed by atoms with Crippen molar-refractivity contribution in [2.75, 3.05) is 6.61 Å². The summed E-state index contributed by atoms with van der Waals surface area (Å²) in [4.78, 5) is 26.3. The number of nitrogens with one attached hydrogen (secondary N) is 1. The van der Waals surface area contributed by atoms with Crippen molar-refractivity contribution in [3.63, 3.8) is 0 Å². The van der Waals surface area contributed by atoms with E-state index < -0.39 is 18.2 Å². The number of aliphatic hydroxyl groups excluding tert-OH is 2. The Labute approximate surface area is 410 Å². The molecule has 0 aromatic rings. The number of carbonyl (C=O) groups is 2. The molecule has 0 aromatic carbocycles. The van der Waals surface area contributed by atoms with Gasteiger partial charge in [0.2, 0.25) is 5.91 Å². The molecular formula is C60H111NO5. The minimum atomic E-state index is -0.798. The van der Waals surface area contributed by atoms with Crippen LogP contribution in [0.1, 0.15) is 297 Å². The van der Waals surface area contributed by atoms with Gasteiger partial charge in [0.05, 0.1) is 25.2 Å². The van der Waals surface area contributed by atoms with Gasteiger partial charge in [-0.15, -0.1) is 0 Å². The third kappa shape index (κ3) is 48.3. The highest BCUT2D eigenvalue weighted by Crippen LogP contribution is 2.18. The molecule has 3 N–H and O–H groups in total. The van der Waals surface area contributed by atoms with Crippen molar-refractivity contribution in [3.05, 3.63) is 48.6 Å². The highest BCUT2D eigenvalue weighted by atomic mass is 16.5. The number of hydrogen-bond donors (Lipinski definition) is 3. The summed E-state index contributed by atoms with van der Waals surface area (Å²) >= 11 is 0. The van der Waals surface area contributed by atoms with Gasteiger partial charge >= 0.3 is 5.97 Å². The van der Waals surface area contributed by atoms with Crippen molar-refractivity contribution in [1.82, 2.24) is 5.32 Å². The van der Waals surface area contributed by atoms with E-state index >= 15 is 0 Å². The zero-order chi connectivity index (χ0) is 48.1. The summed E-state index contributed by atoms with van der Waals surface area (Å²) in [6.07, 6.45) is 66.0. The predicted octanol–water partition coefficient (Wildman–Crippen LogP) is 17.8. The maximum Gasteiger partial charge on any atom is 0.306 e. The Morgan fingerprint density at radius 1 is 0.439 bits per heavy atom. The van der Waals surface area contributed by atoms with Gasteiger partial charge in [0.25, 0.3) is 0 Å². The van der Waals surface area contributed by atoms with Crippen molar-refractivity contribution in [2.24, 2.45) is 0 Å². The Morgan fingerprint density at radius 2 is 0.788 bits per heavy atom. The van der Waals surface area contributed by atoms with Crippen LogP contribution in [-0.4, -0.2) is 46.9 Å². The van der Waals surface area contributed by atoms with Crippen LogP contribution in [0.5, 0.6) is 0 Å². The van der Waals surface area contributed by atoms with Gasteiger partial charge in [-0.25, -0.2) is 0 Å². The van der Waals surface area contributed by atoms with Gasteiger partial charge in [-0.3, -0.25) is 9.59 Å². The third-order valence-corrected chi connectivity index (χ3v) is 13.2. The molecular weight excluding hydrogens is 815 g/mol. The molecule has 0 spiro atoms. The van der Waals surface area contributed by atoms with Crippen molar-refractivity contribution < 1.29 is 24.5 Å². The lowest BCUT2D eigenvalue weighted by Crippen LogP contribution is -2.46. The zero-order valence-corrected chi connectivity index (χ0v) is 44.1. The first kappa shape index (κ1) is 63.8. The molecule has 3 atom stereocenters. The van der Waals surface area contributed by atoms with E-state index in [0.29, 0.717) is 19.3 Å². The molecule has 386 valence electrons. The maximum absolute atomic E-state index is 13.3.